The van der Waals surface area contributed by atoms with E-state index in [-0.39, 0.29) is 12.0 Å². The third-order valence-electron chi connectivity index (χ3n) is 2.78. The van der Waals surface area contributed by atoms with Crippen molar-refractivity contribution in [2.24, 2.45) is 0 Å². The lowest BCUT2D eigenvalue weighted by Crippen LogP contribution is -2.03. The summed E-state index contributed by atoms with van der Waals surface area (Å²) in [6.07, 6.45) is 2.37. The van der Waals surface area contributed by atoms with E-state index in [0.29, 0.717) is 12.1 Å². The normalized spacial score (nSPS) is 12.7. The number of hydrogen-bond acceptors (Lipinski definition) is 2. The zero-order valence-corrected chi connectivity index (χ0v) is 9.98. The van der Waals surface area contributed by atoms with Crippen molar-refractivity contribution in [1.29, 1.82) is 0 Å². The molecule has 0 saturated carbocycles. The topological polar surface area (TPSA) is 38.0 Å². The number of rotatable bonds is 4. The lowest BCUT2D eigenvalue weighted by Gasteiger charge is -2.09. The Morgan fingerprint density at radius 1 is 1.39 bits per heavy atom. The number of halogens is 2. The van der Waals surface area contributed by atoms with Gasteiger partial charge in [-0.3, -0.25) is 4.68 Å². The Labute approximate surface area is 104 Å². The molecule has 96 valence electrons. The number of benzene rings is 1. The molecule has 1 N–H and O–H groups in total. The third kappa shape index (κ3) is 2.73. The van der Waals surface area contributed by atoms with Crippen molar-refractivity contribution in [1.82, 2.24) is 9.78 Å². The number of aryl methyl sites for hydroxylation is 1. The smallest absolute Gasteiger partial charge is 0.126 e. The summed E-state index contributed by atoms with van der Waals surface area (Å²) in [4.78, 5) is 0. The SMILES string of the molecule is CCn1cc(C(O)Cc2cc(F)ccc2F)cn1. The largest absolute Gasteiger partial charge is 0.388 e. The van der Waals surface area contributed by atoms with Crippen LogP contribution in [0, 0.1) is 11.6 Å². The molecule has 1 aromatic carbocycles. The van der Waals surface area contributed by atoms with Crippen LogP contribution in [0.2, 0.25) is 0 Å². The molecule has 0 fully saturated rings. The van der Waals surface area contributed by atoms with Crippen molar-refractivity contribution < 1.29 is 13.9 Å². The maximum absolute atomic E-state index is 13.4. The van der Waals surface area contributed by atoms with Gasteiger partial charge in [-0.1, -0.05) is 0 Å². The molecule has 0 saturated heterocycles. The highest BCUT2D eigenvalue weighted by Crippen LogP contribution is 2.20. The molecule has 18 heavy (non-hydrogen) atoms. The maximum Gasteiger partial charge on any atom is 0.126 e. The van der Waals surface area contributed by atoms with Crippen molar-refractivity contribution in [3.05, 3.63) is 53.4 Å². The standard InChI is InChI=1S/C13H14F2N2O/c1-2-17-8-10(7-16-17)13(18)6-9-5-11(14)3-4-12(9)15/h3-5,7-8,13,18H,2,6H2,1H3. The zero-order valence-electron chi connectivity index (χ0n) is 9.98. The van der Waals surface area contributed by atoms with Crippen LogP contribution >= 0.6 is 0 Å². The fourth-order valence-corrected chi connectivity index (χ4v) is 1.75. The Balaban J connectivity index is 2.15. The van der Waals surface area contributed by atoms with Crippen molar-refractivity contribution >= 4 is 0 Å². The Morgan fingerprint density at radius 2 is 2.17 bits per heavy atom. The summed E-state index contributed by atoms with van der Waals surface area (Å²) in [7, 11) is 0. The Kier molecular flexibility index (Phi) is 3.72. The summed E-state index contributed by atoms with van der Waals surface area (Å²) in [5.74, 6) is -1.03. The molecular formula is C13H14F2N2O. The average molecular weight is 252 g/mol. The molecule has 1 atom stereocenters. The predicted octanol–water partition coefficient (Wildman–Crippen LogP) is 2.46. The van der Waals surface area contributed by atoms with Gasteiger partial charge in [-0.15, -0.1) is 0 Å². The Morgan fingerprint density at radius 3 is 2.83 bits per heavy atom. The first-order chi connectivity index (χ1) is 8.60. The Bertz CT molecular complexity index is 540. The van der Waals surface area contributed by atoms with Gasteiger partial charge in [0.25, 0.3) is 0 Å². The van der Waals surface area contributed by atoms with Gasteiger partial charge in [-0.2, -0.15) is 5.10 Å². The fourth-order valence-electron chi connectivity index (χ4n) is 1.75. The molecule has 0 amide bonds. The van der Waals surface area contributed by atoms with E-state index < -0.39 is 17.7 Å². The summed E-state index contributed by atoms with van der Waals surface area (Å²) in [6, 6.07) is 3.22. The monoisotopic (exact) mass is 252 g/mol. The molecule has 0 bridgehead atoms. The van der Waals surface area contributed by atoms with E-state index in [4.69, 9.17) is 0 Å². The maximum atomic E-state index is 13.4. The molecule has 3 nitrogen and oxygen atoms in total. The molecule has 0 aliphatic rings. The molecule has 2 rings (SSSR count). The van der Waals surface area contributed by atoms with Gasteiger partial charge >= 0.3 is 0 Å². The highest BCUT2D eigenvalue weighted by atomic mass is 19.1. The van der Waals surface area contributed by atoms with Crippen molar-refractivity contribution in [3.63, 3.8) is 0 Å². The van der Waals surface area contributed by atoms with Crippen LogP contribution in [0.5, 0.6) is 0 Å². The highest BCUT2D eigenvalue weighted by molar-refractivity contribution is 5.21. The number of nitrogens with zero attached hydrogens (tertiary/aromatic N) is 2. The van der Waals surface area contributed by atoms with Gasteiger partial charge in [0.15, 0.2) is 0 Å². The van der Waals surface area contributed by atoms with Gasteiger partial charge in [0.2, 0.25) is 0 Å². The lowest BCUT2D eigenvalue weighted by molar-refractivity contribution is 0.177. The second kappa shape index (κ2) is 5.27. The van der Waals surface area contributed by atoms with Crippen molar-refractivity contribution in [2.75, 3.05) is 0 Å². The molecule has 0 spiro atoms. The van der Waals surface area contributed by atoms with Crippen LogP contribution in [0.1, 0.15) is 24.2 Å². The first-order valence-electron chi connectivity index (χ1n) is 5.74. The molecule has 1 heterocycles. The summed E-state index contributed by atoms with van der Waals surface area (Å²) < 4.78 is 28.1. The predicted molar refractivity (Wildman–Crippen MR) is 62.9 cm³/mol. The van der Waals surface area contributed by atoms with Gasteiger partial charge in [-0.05, 0) is 30.7 Å². The van der Waals surface area contributed by atoms with Gasteiger partial charge in [-0.25, -0.2) is 8.78 Å². The fraction of sp³-hybridized carbons (Fsp3) is 0.308. The Hall–Kier alpha value is -1.75. The molecule has 0 aliphatic heterocycles. The van der Waals surface area contributed by atoms with Crippen LogP contribution in [0.4, 0.5) is 8.78 Å². The van der Waals surface area contributed by atoms with E-state index in [1.54, 1.807) is 10.9 Å². The van der Waals surface area contributed by atoms with Gasteiger partial charge in [0, 0.05) is 24.7 Å². The van der Waals surface area contributed by atoms with Crippen LogP contribution < -0.4 is 0 Å². The first-order valence-corrected chi connectivity index (χ1v) is 5.74. The van der Waals surface area contributed by atoms with Crippen LogP contribution in [0.15, 0.2) is 30.6 Å². The second-order valence-corrected chi connectivity index (χ2v) is 4.09. The van der Waals surface area contributed by atoms with E-state index in [0.717, 1.165) is 18.2 Å². The number of hydrogen-bond donors (Lipinski definition) is 1. The molecule has 0 radical (unpaired) electrons. The number of aromatic nitrogens is 2. The lowest BCUT2D eigenvalue weighted by atomic mass is 10.0. The summed E-state index contributed by atoms with van der Waals surface area (Å²) in [6.45, 7) is 2.62. The first kappa shape index (κ1) is 12.7. The minimum absolute atomic E-state index is 0.0268. The molecule has 2 aromatic rings. The molecule has 0 aliphatic carbocycles. The van der Waals surface area contributed by atoms with E-state index in [1.807, 2.05) is 6.92 Å². The average Bonchev–Trinajstić information content (AvgIpc) is 2.82. The van der Waals surface area contributed by atoms with E-state index >= 15 is 0 Å². The second-order valence-electron chi connectivity index (χ2n) is 4.09. The highest BCUT2D eigenvalue weighted by Gasteiger charge is 2.14. The van der Waals surface area contributed by atoms with E-state index in [9.17, 15) is 13.9 Å². The van der Waals surface area contributed by atoms with Crippen LogP contribution in [-0.2, 0) is 13.0 Å². The summed E-state index contributed by atoms with van der Waals surface area (Å²) in [5.41, 5.74) is 0.757. The number of aliphatic hydroxyl groups is 1. The minimum Gasteiger partial charge on any atom is -0.388 e. The van der Waals surface area contributed by atoms with E-state index in [1.165, 1.54) is 6.20 Å². The van der Waals surface area contributed by atoms with Gasteiger partial charge in [0.1, 0.15) is 11.6 Å². The summed E-state index contributed by atoms with van der Waals surface area (Å²) >= 11 is 0. The van der Waals surface area contributed by atoms with E-state index in [2.05, 4.69) is 5.10 Å². The van der Waals surface area contributed by atoms with Gasteiger partial charge in [0.05, 0.1) is 12.3 Å². The zero-order chi connectivity index (χ0) is 13.1. The molecular weight excluding hydrogens is 238 g/mol. The van der Waals surface area contributed by atoms with Crippen molar-refractivity contribution in [3.8, 4) is 0 Å². The quantitative estimate of drug-likeness (QED) is 0.907. The number of aliphatic hydroxyl groups excluding tert-OH is 1. The molecule has 1 unspecified atom stereocenters. The van der Waals surface area contributed by atoms with Gasteiger partial charge < -0.3 is 5.11 Å². The van der Waals surface area contributed by atoms with Crippen molar-refractivity contribution in [2.45, 2.75) is 26.0 Å². The van der Waals surface area contributed by atoms with Crippen LogP contribution in [0.3, 0.4) is 0 Å². The molecule has 1 aromatic heterocycles. The van der Waals surface area contributed by atoms with Crippen LogP contribution in [-0.4, -0.2) is 14.9 Å². The third-order valence-corrected chi connectivity index (χ3v) is 2.78. The van der Waals surface area contributed by atoms with Crippen LogP contribution in [0.25, 0.3) is 0 Å². The summed E-state index contributed by atoms with van der Waals surface area (Å²) in [5, 5.41) is 14.0. The minimum atomic E-state index is -0.887. The molecule has 5 heteroatoms.